The van der Waals surface area contributed by atoms with E-state index in [0.717, 1.165) is 37.3 Å². The molecule has 0 saturated heterocycles. The SMILES string of the molecule is O=C1CCc2cc(S(=O)(=O)NCC3(c4ccccc4)CCCC3)c(F)cc2N1. The standard InChI is InChI=1S/C21H23FN2O3S/c22-17-13-18-15(8-9-20(25)24-18)12-19(17)28(26,27)23-14-21(10-4-5-11-21)16-6-2-1-3-7-16/h1-3,6-7,12-13,23H,4-5,8-11,14H2,(H,24,25). The highest BCUT2D eigenvalue weighted by Gasteiger charge is 2.37. The van der Waals surface area contributed by atoms with Crippen molar-refractivity contribution >= 4 is 21.6 Å². The lowest BCUT2D eigenvalue weighted by Gasteiger charge is -2.30. The van der Waals surface area contributed by atoms with Crippen LogP contribution in [0.15, 0.2) is 47.4 Å². The Morgan fingerprint density at radius 3 is 2.50 bits per heavy atom. The average molecular weight is 402 g/mol. The Morgan fingerprint density at radius 2 is 1.79 bits per heavy atom. The lowest BCUT2D eigenvalue weighted by molar-refractivity contribution is -0.116. The summed E-state index contributed by atoms with van der Waals surface area (Å²) in [7, 11) is -4.01. The van der Waals surface area contributed by atoms with Crippen molar-refractivity contribution in [3.8, 4) is 0 Å². The molecule has 1 aliphatic heterocycles. The Morgan fingerprint density at radius 1 is 1.07 bits per heavy atom. The van der Waals surface area contributed by atoms with Crippen molar-refractivity contribution < 1.29 is 17.6 Å². The number of carbonyl (C=O) groups is 1. The molecule has 1 amide bonds. The highest BCUT2D eigenvalue weighted by atomic mass is 32.2. The molecule has 0 spiro atoms. The van der Waals surface area contributed by atoms with Crippen molar-refractivity contribution in [2.75, 3.05) is 11.9 Å². The van der Waals surface area contributed by atoms with E-state index in [1.165, 1.54) is 6.07 Å². The minimum atomic E-state index is -4.01. The van der Waals surface area contributed by atoms with Gasteiger partial charge in [-0.2, -0.15) is 0 Å². The molecule has 148 valence electrons. The summed E-state index contributed by atoms with van der Waals surface area (Å²) in [6.45, 7) is 0.243. The molecule has 0 aromatic heterocycles. The summed E-state index contributed by atoms with van der Waals surface area (Å²) in [5.74, 6) is -1.04. The van der Waals surface area contributed by atoms with Crippen LogP contribution in [0.25, 0.3) is 0 Å². The van der Waals surface area contributed by atoms with Gasteiger partial charge in [-0.15, -0.1) is 0 Å². The van der Waals surface area contributed by atoms with Crippen LogP contribution in [0.5, 0.6) is 0 Å². The van der Waals surface area contributed by atoms with Gasteiger partial charge in [-0.3, -0.25) is 4.79 Å². The van der Waals surface area contributed by atoms with E-state index in [-0.39, 0.29) is 29.2 Å². The Labute approximate surface area is 164 Å². The van der Waals surface area contributed by atoms with Crippen LogP contribution in [0, 0.1) is 5.82 Å². The van der Waals surface area contributed by atoms with Gasteiger partial charge >= 0.3 is 0 Å². The third-order valence-corrected chi connectivity index (χ3v) is 7.31. The summed E-state index contributed by atoms with van der Waals surface area (Å²) < 4.78 is 43.0. The number of hydrogen-bond donors (Lipinski definition) is 2. The Kier molecular flexibility index (Phi) is 4.97. The van der Waals surface area contributed by atoms with Crippen molar-refractivity contribution in [2.24, 2.45) is 0 Å². The minimum Gasteiger partial charge on any atom is -0.326 e. The van der Waals surface area contributed by atoms with E-state index in [4.69, 9.17) is 0 Å². The van der Waals surface area contributed by atoms with Gasteiger partial charge in [-0.1, -0.05) is 43.2 Å². The molecule has 4 rings (SSSR count). The lowest BCUT2D eigenvalue weighted by atomic mass is 9.79. The molecule has 2 aromatic rings. The van der Waals surface area contributed by atoms with Crippen LogP contribution in [0.1, 0.15) is 43.2 Å². The van der Waals surface area contributed by atoms with Crippen LogP contribution in [-0.2, 0) is 26.7 Å². The van der Waals surface area contributed by atoms with Gasteiger partial charge in [-0.25, -0.2) is 17.5 Å². The smallest absolute Gasteiger partial charge is 0.243 e. The van der Waals surface area contributed by atoms with Crippen LogP contribution in [0.3, 0.4) is 0 Å². The molecule has 2 aromatic carbocycles. The van der Waals surface area contributed by atoms with Gasteiger partial charge in [0.2, 0.25) is 15.9 Å². The molecule has 0 unspecified atom stereocenters. The molecular formula is C21H23FN2O3S. The number of nitrogens with one attached hydrogen (secondary N) is 2. The summed E-state index contributed by atoms with van der Waals surface area (Å²) >= 11 is 0. The zero-order chi connectivity index (χ0) is 19.8. The fourth-order valence-electron chi connectivity index (χ4n) is 4.31. The van der Waals surface area contributed by atoms with Gasteiger partial charge < -0.3 is 5.32 Å². The zero-order valence-corrected chi connectivity index (χ0v) is 16.3. The number of sulfonamides is 1. The monoisotopic (exact) mass is 402 g/mol. The van der Waals surface area contributed by atoms with Crippen molar-refractivity contribution in [1.82, 2.24) is 4.72 Å². The quantitative estimate of drug-likeness (QED) is 0.804. The summed E-state index contributed by atoms with van der Waals surface area (Å²) in [5.41, 5.74) is 1.85. The van der Waals surface area contributed by atoms with Crippen molar-refractivity contribution in [1.29, 1.82) is 0 Å². The summed E-state index contributed by atoms with van der Waals surface area (Å²) in [6, 6.07) is 12.4. The molecule has 0 radical (unpaired) electrons. The second-order valence-electron chi connectivity index (χ2n) is 7.67. The van der Waals surface area contributed by atoms with Crippen LogP contribution in [0.4, 0.5) is 10.1 Å². The minimum absolute atomic E-state index is 0.188. The molecule has 5 nitrogen and oxygen atoms in total. The van der Waals surface area contributed by atoms with E-state index in [1.807, 2.05) is 30.3 Å². The van der Waals surface area contributed by atoms with E-state index in [1.54, 1.807) is 0 Å². The van der Waals surface area contributed by atoms with Crippen molar-refractivity contribution in [3.05, 3.63) is 59.4 Å². The zero-order valence-electron chi connectivity index (χ0n) is 15.5. The van der Waals surface area contributed by atoms with Gasteiger partial charge in [0, 0.05) is 24.1 Å². The molecule has 28 heavy (non-hydrogen) atoms. The Bertz CT molecular complexity index is 1000. The van der Waals surface area contributed by atoms with Crippen LogP contribution < -0.4 is 10.0 Å². The number of rotatable bonds is 5. The van der Waals surface area contributed by atoms with E-state index >= 15 is 0 Å². The second-order valence-corrected chi connectivity index (χ2v) is 9.40. The highest BCUT2D eigenvalue weighted by Crippen LogP contribution is 2.41. The maximum atomic E-state index is 14.5. The van der Waals surface area contributed by atoms with Crippen molar-refractivity contribution in [2.45, 2.75) is 48.8 Å². The first-order valence-corrected chi connectivity index (χ1v) is 11.1. The van der Waals surface area contributed by atoms with Gasteiger partial charge in [0.25, 0.3) is 0 Å². The van der Waals surface area contributed by atoms with Crippen LogP contribution in [-0.4, -0.2) is 20.9 Å². The highest BCUT2D eigenvalue weighted by molar-refractivity contribution is 7.89. The average Bonchev–Trinajstić information content (AvgIpc) is 3.17. The molecule has 0 atom stereocenters. The molecular weight excluding hydrogens is 379 g/mol. The number of fused-ring (bicyclic) bond motifs is 1. The molecule has 1 fully saturated rings. The summed E-state index contributed by atoms with van der Waals surface area (Å²) in [4.78, 5) is 11.1. The van der Waals surface area contributed by atoms with Gasteiger partial charge in [0.05, 0.1) is 0 Å². The number of anilines is 1. The van der Waals surface area contributed by atoms with Crippen LogP contribution in [0.2, 0.25) is 0 Å². The number of amides is 1. The first kappa shape index (κ1) is 19.1. The van der Waals surface area contributed by atoms with Gasteiger partial charge in [0.1, 0.15) is 10.7 Å². The van der Waals surface area contributed by atoms with E-state index in [9.17, 15) is 17.6 Å². The number of hydrogen-bond acceptors (Lipinski definition) is 3. The van der Waals surface area contributed by atoms with E-state index in [2.05, 4.69) is 10.0 Å². The fraction of sp³-hybridized carbons (Fsp3) is 0.381. The summed E-state index contributed by atoms with van der Waals surface area (Å²) in [6.07, 6.45) is 4.56. The first-order chi connectivity index (χ1) is 13.4. The predicted octanol–water partition coefficient (Wildman–Crippen LogP) is 3.50. The lowest BCUT2D eigenvalue weighted by Crippen LogP contribution is -2.39. The maximum Gasteiger partial charge on any atom is 0.243 e. The maximum absolute atomic E-state index is 14.5. The molecule has 1 aliphatic carbocycles. The first-order valence-electron chi connectivity index (χ1n) is 9.57. The van der Waals surface area contributed by atoms with Gasteiger partial charge in [0.15, 0.2) is 0 Å². The molecule has 0 bridgehead atoms. The molecule has 2 aliphatic rings. The van der Waals surface area contributed by atoms with E-state index < -0.39 is 15.8 Å². The largest absolute Gasteiger partial charge is 0.326 e. The number of aryl methyl sites for hydroxylation is 1. The third-order valence-electron chi connectivity index (χ3n) is 5.89. The normalized spacial score (nSPS) is 18.5. The van der Waals surface area contributed by atoms with Crippen LogP contribution >= 0.6 is 0 Å². The number of halogens is 1. The van der Waals surface area contributed by atoms with Gasteiger partial charge in [-0.05, 0) is 42.5 Å². The molecule has 1 heterocycles. The Hall–Kier alpha value is -2.25. The molecule has 7 heteroatoms. The summed E-state index contributed by atoms with van der Waals surface area (Å²) in [5, 5.41) is 2.59. The van der Waals surface area contributed by atoms with Crippen molar-refractivity contribution in [3.63, 3.8) is 0 Å². The molecule has 1 saturated carbocycles. The molecule has 2 N–H and O–H groups in total. The predicted molar refractivity (Wildman–Crippen MR) is 105 cm³/mol. The van der Waals surface area contributed by atoms with E-state index in [0.29, 0.717) is 17.7 Å². The number of benzene rings is 2. The number of carbonyl (C=O) groups excluding carboxylic acids is 1. The third kappa shape index (κ3) is 3.56. The Balaban J connectivity index is 1.60. The fourth-order valence-corrected chi connectivity index (χ4v) is 5.54. The topological polar surface area (TPSA) is 75.3 Å². The second kappa shape index (κ2) is 7.29.